The molecule has 7 heteroatoms. The highest BCUT2D eigenvalue weighted by Gasteiger charge is 2.25. The number of ether oxygens (including phenoxy) is 1. The molecule has 1 aliphatic rings. The Kier molecular flexibility index (Phi) is 6.74. The standard InChI is InChI=1S/C26H28N4O3/c1-4-7-24(31)28-22-11-6-8-19-20(22)9-5-10-21(19)25-29-26(33-30-25)17-12-13-23(32-16(2)3)18(14-17)15-27/h5,9-10,12-14,16,22H,4,6-8,11H2,1-3H3,(H,28,31)/t22-/m1/s1. The average molecular weight is 445 g/mol. The lowest BCUT2D eigenvalue weighted by atomic mass is 9.84. The lowest BCUT2D eigenvalue weighted by Crippen LogP contribution is -2.30. The first-order valence-corrected chi connectivity index (χ1v) is 11.5. The van der Waals surface area contributed by atoms with E-state index >= 15 is 0 Å². The van der Waals surface area contributed by atoms with Crippen LogP contribution in [0.5, 0.6) is 5.75 Å². The Bertz CT molecular complexity index is 1190. The molecule has 2 aromatic carbocycles. The van der Waals surface area contributed by atoms with Gasteiger partial charge >= 0.3 is 0 Å². The highest BCUT2D eigenvalue weighted by molar-refractivity contribution is 5.77. The van der Waals surface area contributed by atoms with Gasteiger partial charge in [-0.1, -0.05) is 30.3 Å². The lowest BCUT2D eigenvalue weighted by molar-refractivity contribution is -0.122. The fraction of sp³-hybridized carbons (Fsp3) is 0.385. The number of hydrogen-bond donors (Lipinski definition) is 1. The minimum absolute atomic E-state index is 0.00538. The third-order valence-electron chi connectivity index (χ3n) is 5.70. The SMILES string of the molecule is CCCC(=O)N[C@@H]1CCCc2c(-c3noc(-c4ccc(OC(C)C)c(C#N)c4)n3)cccc21. The van der Waals surface area contributed by atoms with E-state index in [-0.39, 0.29) is 18.1 Å². The number of nitriles is 1. The Morgan fingerprint density at radius 2 is 2.18 bits per heavy atom. The summed E-state index contributed by atoms with van der Waals surface area (Å²) in [6.45, 7) is 5.84. The zero-order chi connectivity index (χ0) is 23.4. The number of amides is 1. The van der Waals surface area contributed by atoms with E-state index in [9.17, 15) is 10.1 Å². The Balaban J connectivity index is 1.64. The molecule has 3 aromatic rings. The van der Waals surface area contributed by atoms with Crippen LogP contribution >= 0.6 is 0 Å². The summed E-state index contributed by atoms with van der Waals surface area (Å²) < 4.78 is 11.3. The number of hydrogen-bond acceptors (Lipinski definition) is 6. The first-order valence-electron chi connectivity index (χ1n) is 11.5. The quantitative estimate of drug-likeness (QED) is 0.527. The molecule has 0 fully saturated rings. The van der Waals surface area contributed by atoms with Crippen LogP contribution < -0.4 is 10.1 Å². The van der Waals surface area contributed by atoms with Crippen LogP contribution in [0.1, 0.15) is 69.2 Å². The van der Waals surface area contributed by atoms with Gasteiger partial charge < -0.3 is 14.6 Å². The summed E-state index contributed by atoms with van der Waals surface area (Å²) in [6.07, 6.45) is 4.13. The van der Waals surface area contributed by atoms with Crippen LogP contribution in [-0.4, -0.2) is 22.2 Å². The molecule has 0 aliphatic heterocycles. The molecule has 1 atom stereocenters. The maximum absolute atomic E-state index is 12.2. The molecule has 0 bridgehead atoms. The van der Waals surface area contributed by atoms with E-state index in [1.165, 1.54) is 0 Å². The number of benzene rings is 2. The summed E-state index contributed by atoms with van der Waals surface area (Å²) in [5.41, 5.74) is 4.27. The Labute approximate surface area is 193 Å². The normalized spacial score (nSPS) is 15.1. The van der Waals surface area contributed by atoms with Crippen molar-refractivity contribution in [3.8, 4) is 34.7 Å². The van der Waals surface area contributed by atoms with Crippen molar-refractivity contribution in [3.05, 3.63) is 53.1 Å². The Morgan fingerprint density at radius 1 is 1.33 bits per heavy atom. The van der Waals surface area contributed by atoms with E-state index in [0.29, 0.717) is 35.0 Å². The van der Waals surface area contributed by atoms with Crippen molar-refractivity contribution in [2.45, 2.75) is 65.0 Å². The average Bonchev–Trinajstić information content (AvgIpc) is 3.29. The Hall–Kier alpha value is -3.66. The van der Waals surface area contributed by atoms with Gasteiger partial charge in [0.15, 0.2) is 0 Å². The molecule has 1 heterocycles. The van der Waals surface area contributed by atoms with Crippen LogP contribution in [0.4, 0.5) is 0 Å². The number of nitrogens with one attached hydrogen (secondary N) is 1. The molecule has 7 nitrogen and oxygen atoms in total. The summed E-state index contributed by atoms with van der Waals surface area (Å²) in [5, 5.41) is 16.9. The smallest absolute Gasteiger partial charge is 0.258 e. The highest BCUT2D eigenvalue weighted by atomic mass is 16.5. The van der Waals surface area contributed by atoms with Gasteiger partial charge in [0.1, 0.15) is 11.8 Å². The van der Waals surface area contributed by atoms with Crippen LogP contribution in [0.2, 0.25) is 0 Å². The molecule has 1 aliphatic carbocycles. The maximum atomic E-state index is 12.2. The molecule has 0 saturated carbocycles. The van der Waals surface area contributed by atoms with E-state index in [0.717, 1.165) is 42.4 Å². The number of carbonyl (C=O) groups excluding carboxylic acids is 1. The highest BCUT2D eigenvalue weighted by Crippen LogP contribution is 2.36. The summed E-state index contributed by atoms with van der Waals surface area (Å²) >= 11 is 0. The van der Waals surface area contributed by atoms with E-state index < -0.39 is 0 Å². The zero-order valence-corrected chi connectivity index (χ0v) is 19.2. The van der Waals surface area contributed by atoms with Crippen LogP contribution in [0, 0.1) is 11.3 Å². The van der Waals surface area contributed by atoms with Crippen molar-refractivity contribution in [3.63, 3.8) is 0 Å². The predicted molar refractivity (Wildman–Crippen MR) is 124 cm³/mol. The van der Waals surface area contributed by atoms with E-state index in [2.05, 4.69) is 27.6 Å². The molecule has 4 rings (SSSR count). The molecule has 0 radical (unpaired) electrons. The van der Waals surface area contributed by atoms with Gasteiger partial charge in [-0.15, -0.1) is 0 Å². The van der Waals surface area contributed by atoms with Crippen LogP contribution in [-0.2, 0) is 11.2 Å². The number of fused-ring (bicyclic) bond motifs is 1. The summed E-state index contributed by atoms with van der Waals surface area (Å²) in [4.78, 5) is 16.8. The minimum atomic E-state index is -0.0298. The summed E-state index contributed by atoms with van der Waals surface area (Å²) in [7, 11) is 0. The van der Waals surface area contributed by atoms with Crippen molar-refractivity contribution in [2.75, 3.05) is 0 Å². The van der Waals surface area contributed by atoms with Crippen LogP contribution in [0.25, 0.3) is 22.8 Å². The van der Waals surface area contributed by atoms with Gasteiger partial charge in [0, 0.05) is 17.5 Å². The molecule has 0 unspecified atom stereocenters. The van der Waals surface area contributed by atoms with Gasteiger partial charge in [0.2, 0.25) is 11.7 Å². The first-order chi connectivity index (χ1) is 16.0. The van der Waals surface area contributed by atoms with Gasteiger partial charge in [-0.3, -0.25) is 4.79 Å². The molecular weight excluding hydrogens is 416 g/mol. The topological polar surface area (TPSA) is 101 Å². The third-order valence-corrected chi connectivity index (χ3v) is 5.70. The van der Waals surface area contributed by atoms with Gasteiger partial charge in [-0.25, -0.2) is 0 Å². The third kappa shape index (κ3) is 4.90. The van der Waals surface area contributed by atoms with Gasteiger partial charge in [0.25, 0.3) is 5.89 Å². The molecule has 170 valence electrons. The van der Waals surface area contributed by atoms with Gasteiger partial charge in [0.05, 0.1) is 17.7 Å². The number of carbonyl (C=O) groups is 1. The first kappa shape index (κ1) is 22.5. The summed E-state index contributed by atoms with van der Waals surface area (Å²) in [6, 6.07) is 13.5. The largest absolute Gasteiger partial charge is 0.490 e. The second kappa shape index (κ2) is 9.86. The molecule has 33 heavy (non-hydrogen) atoms. The van der Waals surface area contributed by atoms with Crippen molar-refractivity contribution >= 4 is 5.91 Å². The van der Waals surface area contributed by atoms with Crippen molar-refractivity contribution < 1.29 is 14.1 Å². The Morgan fingerprint density at radius 3 is 2.94 bits per heavy atom. The van der Waals surface area contributed by atoms with E-state index in [1.807, 2.05) is 39.0 Å². The van der Waals surface area contributed by atoms with Crippen molar-refractivity contribution in [1.82, 2.24) is 15.5 Å². The number of nitrogens with zero attached hydrogens (tertiary/aromatic N) is 3. The fourth-order valence-electron chi connectivity index (χ4n) is 4.26. The maximum Gasteiger partial charge on any atom is 0.258 e. The lowest BCUT2D eigenvalue weighted by Gasteiger charge is -2.27. The second-order valence-electron chi connectivity index (χ2n) is 8.55. The van der Waals surface area contributed by atoms with Crippen molar-refractivity contribution in [2.24, 2.45) is 0 Å². The van der Waals surface area contributed by atoms with Gasteiger partial charge in [-0.2, -0.15) is 10.2 Å². The molecule has 1 aromatic heterocycles. The number of aromatic nitrogens is 2. The van der Waals surface area contributed by atoms with Gasteiger partial charge in [-0.05, 0) is 68.9 Å². The number of rotatable bonds is 7. The molecule has 1 N–H and O–H groups in total. The van der Waals surface area contributed by atoms with Crippen LogP contribution in [0.3, 0.4) is 0 Å². The molecular formula is C26H28N4O3. The van der Waals surface area contributed by atoms with Crippen molar-refractivity contribution in [1.29, 1.82) is 5.26 Å². The monoisotopic (exact) mass is 444 g/mol. The second-order valence-corrected chi connectivity index (χ2v) is 8.55. The minimum Gasteiger partial charge on any atom is -0.490 e. The fourth-order valence-corrected chi connectivity index (χ4v) is 4.26. The molecule has 1 amide bonds. The van der Waals surface area contributed by atoms with Crippen LogP contribution in [0.15, 0.2) is 40.9 Å². The van der Waals surface area contributed by atoms with E-state index in [1.54, 1.807) is 12.1 Å². The summed E-state index contributed by atoms with van der Waals surface area (Å²) in [5.74, 6) is 1.47. The molecule has 0 saturated heterocycles. The molecule has 0 spiro atoms. The zero-order valence-electron chi connectivity index (χ0n) is 19.2. The van der Waals surface area contributed by atoms with E-state index in [4.69, 9.17) is 9.26 Å². The predicted octanol–water partition coefficient (Wildman–Crippen LogP) is 5.36.